The zero-order valence-electron chi connectivity index (χ0n) is 15.0. The van der Waals surface area contributed by atoms with Gasteiger partial charge in [-0.05, 0) is 23.6 Å². The molecule has 1 saturated heterocycles. The Hall–Kier alpha value is -2.97. The highest BCUT2D eigenvalue weighted by Crippen LogP contribution is 2.29. The van der Waals surface area contributed by atoms with E-state index in [4.69, 9.17) is 9.84 Å². The van der Waals surface area contributed by atoms with Gasteiger partial charge in [-0.3, -0.25) is 9.59 Å². The van der Waals surface area contributed by atoms with Crippen molar-refractivity contribution in [1.82, 2.24) is 14.7 Å². The van der Waals surface area contributed by atoms with Gasteiger partial charge in [-0.15, -0.1) is 11.3 Å². The molecule has 0 aliphatic carbocycles. The Kier molecular flexibility index (Phi) is 5.23. The first-order valence-electron chi connectivity index (χ1n) is 8.93. The lowest BCUT2D eigenvalue weighted by Crippen LogP contribution is -2.46. The van der Waals surface area contributed by atoms with Gasteiger partial charge in [0, 0.05) is 19.3 Å². The van der Waals surface area contributed by atoms with E-state index in [1.807, 2.05) is 47.8 Å². The molecule has 1 aromatic carbocycles. The Bertz CT molecular complexity index is 969. The van der Waals surface area contributed by atoms with Crippen molar-refractivity contribution in [2.24, 2.45) is 0 Å². The zero-order chi connectivity index (χ0) is 19.5. The summed E-state index contributed by atoms with van der Waals surface area (Å²) in [4.78, 5) is 26.8. The van der Waals surface area contributed by atoms with Gasteiger partial charge in [0.2, 0.25) is 0 Å². The molecule has 1 amide bonds. The van der Waals surface area contributed by atoms with Crippen LogP contribution >= 0.6 is 11.3 Å². The van der Waals surface area contributed by atoms with Crippen LogP contribution in [0, 0.1) is 0 Å². The molecular weight excluding hydrogens is 378 g/mol. The third kappa shape index (κ3) is 3.83. The predicted octanol–water partition coefficient (Wildman–Crippen LogP) is 2.92. The van der Waals surface area contributed by atoms with Crippen LogP contribution in [0.5, 0.6) is 0 Å². The van der Waals surface area contributed by atoms with Gasteiger partial charge >= 0.3 is 5.97 Å². The number of aromatic nitrogens is 2. The van der Waals surface area contributed by atoms with Crippen LogP contribution in [0.25, 0.3) is 16.3 Å². The van der Waals surface area contributed by atoms with Crippen molar-refractivity contribution in [2.45, 2.75) is 12.5 Å². The van der Waals surface area contributed by atoms with Gasteiger partial charge < -0.3 is 14.7 Å². The van der Waals surface area contributed by atoms with Crippen molar-refractivity contribution in [3.05, 3.63) is 59.6 Å². The summed E-state index contributed by atoms with van der Waals surface area (Å²) in [6, 6.07) is 13.5. The van der Waals surface area contributed by atoms with Gasteiger partial charge in [0.05, 0.1) is 35.3 Å². The quantitative estimate of drug-likeness (QED) is 0.716. The molecule has 28 heavy (non-hydrogen) atoms. The van der Waals surface area contributed by atoms with E-state index < -0.39 is 12.1 Å². The summed E-state index contributed by atoms with van der Waals surface area (Å²) >= 11 is 1.52. The fourth-order valence-corrected chi connectivity index (χ4v) is 3.95. The van der Waals surface area contributed by atoms with E-state index in [2.05, 4.69) is 5.10 Å². The minimum absolute atomic E-state index is 0.120. The molecular formula is C20H19N3O4S. The average molecular weight is 397 g/mol. The molecule has 1 aliphatic rings. The lowest BCUT2D eigenvalue weighted by molar-refractivity contribution is -0.141. The summed E-state index contributed by atoms with van der Waals surface area (Å²) in [6.45, 7) is 1.01. The van der Waals surface area contributed by atoms with Gasteiger partial charge in [0.15, 0.2) is 0 Å². The first kappa shape index (κ1) is 18.4. The van der Waals surface area contributed by atoms with Gasteiger partial charge in [0.1, 0.15) is 5.69 Å². The molecule has 4 rings (SSSR count). The van der Waals surface area contributed by atoms with Crippen LogP contribution < -0.4 is 0 Å². The van der Waals surface area contributed by atoms with Crippen LogP contribution in [0.2, 0.25) is 0 Å². The van der Waals surface area contributed by atoms with Gasteiger partial charge in [-0.25, -0.2) is 4.68 Å². The fourth-order valence-electron chi connectivity index (χ4n) is 3.23. The Labute approximate surface area is 165 Å². The molecule has 0 spiro atoms. The molecule has 1 aliphatic heterocycles. The minimum atomic E-state index is -0.935. The maximum absolute atomic E-state index is 13.3. The number of hydrogen-bond donors (Lipinski definition) is 1. The van der Waals surface area contributed by atoms with E-state index in [9.17, 15) is 9.59 Å². The number of para-hydroxylation sites is 1. The normalized spacial score (nSPS) is 16.9. The third-order valence-corrected chi connectivity index (χ3v) is 5.42. The summed E-state index contributed by atoms with van der Waals surface area (Å²) in [7, 11) is 0. The summed E-state index contributed by atoms with van der Waals surface area (Å²) in [6.07, 6.45) is 1.13. The number of morpholine rings is 1. The lowest BCUT2D eigenvalue weighted by Gasteiger charge is -2.32. The number of amides is 1. The van der Waals surface area contributed by atoms with E-state index >= 15 is 0 Å². The summed E-state index contributed by atoms with van der Waals surface area (Å²) in [5.41, 5.74) is 2.00. The monoisotopic (exact) mass is 397 g/mol. The Morgan fingerprint density at radius 2 is 2.04 bits per heavy atom. The van der Waals surface area contributed by atoms with Crippen LogP contribution in [0.15, 0.2) is 54.0 Å². The number of carbonyl (C=O) groups is 2. The highest BCUT2D eigenvalue weighted by Gasteiger charge is 2.29. The highest BCUT2D eigenvalue weighted by atomic mass is 32.1. The Morgan fingerprint density at radius 1 is 1.21 bits per heavy atom. The fraction of sp³-hybridized carbons (Fsp3) is 0.250. The van der Waals surface area contributed by atoms with E-state index in [0.29, 0.717) is 24.4 Å². The van der Waals surface area contributed by atoms with Crippen LogP contribution in [0.3, 0.4) is 0 Å². The number of ether oxygens (including phenoxy) is 1. The molecule has 1 unspecified atom stereocenters. The number of rotatable bonds is 5. The number of carboxylic acid groups (broad SMARTS) is 1. The number of nitrogens with zero attached hydrogens (tertiary/aromatic N) is 3. The number of hydrogen-bond acceptors (Lipinski definition) is 5. The van der Waals surface area contributed by atoms with Gasteiger partial charge in [0.25, 0.3) is 5.91 Å². The second kappa shape index (κ2) is 7.95. The predicted molar refractivity (Wildman–Crippen MR) is 105 cm³/mol. The Morgan fingerprint density at radius 3 is 2.75 bits per heavy atom. The highest BCUT2D eigenvalue weighted by molar-refractivity contribution is 7.13. The molecule has 1 atom stereocenters. The molecule has 144 valence electrons. The Balaban J connectivity index is 1.67. The topological polar surface area (TPSA) is 84.7 Å². The molecule has 8 heteroatoms. The summed E-state index contributed by atoms with van der Waals surface area (Å²) in [5.74, 6) is -1.10. The third-order valence-electron chi connectivity index (χ3n) is 4.55. The number of aliphatic carboxylic acids is 1. The summed E-state index contributed by atoms with van der Waals surface area (Å²) < 4.78 is 7.19. The maximum Gasteiger partial charge on any atom is 0.306 e. The van der Waals surface area contributed by atoms with Crippen molar-refractivity contribution in [2.75, 3.05) is 19.7 Å². The van der Waals surface area contributed by atoms with E-state index in [1.165, 1.54) is 11.3 Å². The number of carboxylic acids is 1. The van der Waals surface area contributed by atoms with Crippen LogP contribution in [0.1, 0.15) is 16.8 Å². The molecule has 1 N–H and O–H groups in total. The molecule has 3 aromatic rings. The lowest BCUT2D eigenvalue weighted by atomic mass is 10.1. The van der Waals surface area contributed by atoms with Gasteiger partial charge in [-0.2, -0.15) is 5.10 Å². The van der Waals surface area contributed by atoms with Crippen molar-refractivity contribution in [1.29, 1.82) is 0 Å². The summed E-state index contributed by atoms with van der Waals surface area (Å²) in [5, 5.41) is 15.6. The number of benzene rings is 1. The smallest absolute Gasteiger partial charge is 0.306 e. The van der Waals surface area contributed by atoms with Gasteiger partial charge in [-0.1, -0.05) is 24.3 Å². The van der Waals surface area contributed by atoms with Crippen LogP contribution in [-0.2, 0) is 9.53 Å². The zero-order valence-corrected chi connectivity index (χ0v) is 15.8. The second-order valence-corrected chi connectivity index (χ2v) is 7.44. The molecule has 1 fully saturated rings. The van der Waals surface area contributed by atoms with Crippen molar-refractivity contribution in [3.63, 3.8) is 0 Å². The van der Waals surface area contributed by atoms with Crippen LogP contribution in [-0.4, -0.2) is 57.5 Å². The number of carbonyl (C=O) groups excluding carboxylic acids is 1. The molecule has 0 saturated carbocycles. The SMILES string of the molecule is O=C(O)CC1CN(C(=O)c2cn(-c3ccccc3)nc2-c2cccs2)CCO1. The molecule has 0 bridgehead atoms. The van der Waals surface area contributed by atoms with E-state index in [-0.39, 0.29) is 18.9 Å². The number of thiophene rings is 1. The van der Waals surface area contributed by atoms with E-state index in [1.54, 1.807) is 15.8 Å². The van der Waals surface area contributed by atoms with E-state index in [0.717, 1.165) is 10.6 Å². The second-order valence-electron chi connectivity index (χ2n) is 6.49. The first-order chi connectivity index (χ1) is 13.6. The molecule has 7 nitrogen and oxygen atoms in total. The molecule has 3 heterocycles. The standard InChI is InChI=1S/C20H19N3O4S/c24-18(25)11-15-12-22(8-9-27-15)20(26)16-13-23(14-5-2-1-3-6-14)21-19(16)17-7-4-10-28-17/h1-7,10,13,15H,8-9,11-12H2,(H,24,25). The molecule has 0 radical (unpaired) electrons. The van der Waals surface area contributed by atoms with Crippen LogP contribution in [0.4, 0.5) is 0 Å². The minimum Gasteiger partial charge on any atom is -0.481 e. The van der Waals surface area contributed by atoms with Crippen molar-refractivity contribution < 1.29 is 19.4 Å². The van der Waals surface area contributed by atoms with Crippen molar-refractivity contribution >= 4 is 23.2 Å². The maximum atomic E-state index is 13.3. The average Bonchev–Trinajstić information content (AvgIpc) is 3.37. The molecule has 2 aromatic heterocycles. The first-order valence-corrected chi connectivity index (χ1v) is 9.81. The van der Waals surface area contributed by atoms with Crippen molar-refractivity contribution in [3.8, 4) is 16.3 Å². The largest absolute Gasteiger partial charge is 0.481 e.